The van der Waals surface area contributed by atoms with Gasteiger partial charge in [0.15, 0.2) is 0 Å². The van der Waals surface area contributed by atoms with Gasteiger partial charge >= 0.3 is 12.1 Å². The third kappa shape index (κ3) is 5.59. The molecule has 2 aromatic carbocycles. The number of sulfonamides is 1. The van der Waals surface area contributed by atoms with Gasteiger partial charge in [-0.2, -0.15) is 17.5 Å². The summed E-state index contributed by atoms with van der Waals surface area (Å²) in [5, 5.41) is 10.5. The number of hydrogen-bond donors (Lipinski definition) is 2. The highest BCUT2D eigenvalue weighted by Crippen LogP contribution is 2.31. The van der Waals surface area contributed by atoms with E-state index in [1.54, 1.807) is 28.6 Å². The smallest absolute Gasteiger partial charge is 0.475 e. The second-order valence-corrected chi connectivity index (χ2v) is 9.29. The molecule has 4 rings (SSSR count). The number of alkyl halides is 3. The average molecular weight is 472 g/mol. The summed E-state index contributed by atoms with van der Waals surface area (Å²) in [7, 11) is -3.43. The zero-order chi connectivity index (χ0) is 23.4. The zero-order valence-electron chi connectivity index (χ0n) is 17.2. The number of rotatable bonds is 3. The number of nitrogens with zero attached hydrogens (tertiary/aromatic N) is 2. The Hall–Kier alpha value is -2.63. The number of aliphatic carboxylic acids is 1. The van der Waals surface area contributed by atoms with Gasteiger partial charge in [-0.15, -0.1) is 0 Å². The van der Waals surface area contributed by atoms with Crippen molar-refractivity contribution in [1.82, 2.24) is 9.62 Å². The van der Waals surface area contributed by atoms with E-state index in [2.05, 4.69) is 28.4 Å². The summed E-state index contributed by atoms with van der Waals surface area (Å²) in [5.74, 6) is -2.76. The van der Waals surface area contributed by atoms with Crippen LogP contribution in [-0.4, -0.2) is 62.7 Å². The summed E-state index contributed by atoms with van der Waals surface area (Å²) in [4.78, 5) is 11.7. The predicted molar refractivity (Wildman–Crippen MR) is 113 cm³/mol. The summed E-state index contributed by atoms with van der Waals surface area (Å²) < 4.78 is 59.1. The van der Waals surface area contributed by atoms with Gasteiger partial charge in [0.1, 0.15) is 0 Å². The topological polar surface area (TPSA) is 89.9 Å². The van der Waals surface area contributed by atoms with Crippen LogP contribution < -0.4 is 10.2 Å². The van der Waals surface area contributed by atoms with E-state index in [0.717, 1.165) is 38.2 Å². The van der Waals surface area contributed by atoms with Gasteiger partial charge in [-0.05, 0) is 35.7 Å². The fourth-order valence-electron chi connectivity index (χ4n) is 3.71. The fraction of sp³-hybridized carbons (Fsp3) is 0.381. The van der Waals surface area contributed by atoms with E-state index in [4.69, 9.17) is 9.90 Å². The first-order chi connectivity index (χ1) is 15.1. The van der Waals surface area contributed by atoms with Gasteiger partial charge in [0.2, 0.25) is 10.0 Å². The van der Waals surface area contributed by atoms with Crippen LogP contribution in [0, 0.1) is 0 Å². The van der Waals surface area contributed by atoms with Crippen LogP contribution >= 0.6 is 0 Å². The lowest BCUT2D eigenvalue weighted by Crippen LogP contribution is -2.44. The summed E-state index contributed by atoms with van der Waals surface area (Å²) in [6.45, 7) is 4.99. The predicted octanol–water partition coefficient (Wildman–Crippen LogP) is 2.48. The Kier molecular flexibility index (Phi) is 7.42. The molecule has 2 heterocycles. The number of hydrogen-bond acceptors (Lipinski definition) is 5. The van der Waals surface area contributed by atoms with Crippen molar-refractivity contribution in [3.05, 3.63) is 59.7 Å². The van der Waals surface area contributed by atoms with Crippen molar-refractivity contribution in [2.45, 2.75) is 24.0 Å². The summed E-state index contributed by atoms with van der Waals surface area (Å²) >= 11 is 0. The minimum atomic E-state index is -5.08. The standard InChI is InChI=1S/C19H23N3O2S.C2HF3O2/c23-25(24,17-6-2-1-3-7-17)22-12-9-18-16(15-22)5-4-8-19(18)21-13-10-20-11-14-21;3-2(4,5)1(6)7/h1-8,20H,9-15H2;(H,6,7). The lowest BCUT2D eigenvalue weighted by atomic mass is 9.98. The van der Waals surface area contributed by atoms with Gasteiger partial charge < -0.3 is 15.3 Å². The molecule has 0 atom stereocenters. The maximum atomic E-state index is 12.9. The summed E-state index contributed by atoms with van der Waals surface area (Å²) in [6, 6.07) is 15.0. The van der Waals surface area contributed by atoms with E-state index in [9.17, 15) is 21.6 Å². The van der Waals surface area contributed by atoms with Crippen LogP contribution in [-0.2, 0) is 27.8 Å². The third-order valence-corrected chi connectivity index (χ3v) is 7.15. The number of carboxylic acid groups (broad SMARTS) is 1. The van der Waals surface area contributed by atoms with Gasteiger partial charge in [0.25, 0.3) is 0 Å². The molecule has 0 unspecified atom stereocenters. The SMILES string of the molecule is O=C(O)C(F)(F)F.O=S(=O)(c1ccccc1)N1CCc2c(cccc2N2CCNCC2)C1. The van der Waals surface area contributed by atoms with Crippen molar-refractivity contribution in [2.24, 2.45) is 0 Å². The molecule has 2 N–H and O–H groups in total. The Morgan fingerprint density at radius 2 is 1.59 bits per heavy atom. The molecule has 11 heteroatoms. The number of halogens is 3. The molecule has 0 spiro atoms. The summed E-state index contributed by atoms with van der Waals surface area (Å²) in [6.07, 6.45) is -4.32. The molecule has 0 bridgehead atoms. The van der Waals surface area contributed by atoms with Gasteiger partial charge in [0.05, 0.1) is 4.90 Å². The highest BCUT2D eigenvalue weighted by Gasteiger charge is 2.38. The number of piperazine rings is 1. The first-order valence-corrected chi connectivity index (χ1v) is 11.5. The van der Waals surface area contributed by atoms with Crippen molar-refractivity contribution >= 4 is 21.7 Å². The number of benzene rings is 2. The van der Waals surface area contributed by atoms with Crippen LogP contribution in [0.2, 0.25) is 0 Å². The van der Waals surface area contributed by atoms with Crippen LogP contribution in [0.15, 0.2) is 53.4 Å². The maximum absolute atomic E-state index is 12.9. The molecule has 1 fully saturated rings. The van der Waals surface area contributed by atoms with E-state index in [0.29, 0.717) is 18.0 Å². The number of nitrogens with one attached hydrogen (secondary N) is 1. The quantitative estimate of drug-likeness (QED) is 0.715. The highest BCUT2D eigenvalue weighted by molar-refractivity contribution is 7.89. The van der Waals surface area contributed by atoms with Gasteiger partial charge in [-0.3, -0.25) is 0 Å². The molecular formula is C21H24F3N3O4S. The lowest BCUT2D eigenvalue weighted by Gasteiger charge is -2.35. The average Bonchev–Trinajstić information content (AvgIpc) is 2.79. The van der Waals surface area contributed by atoms with Crippen molar-refractivity contribution in [2.75, 3.05) is 37.6 Å². The highest BCUT2D eigenvalue weighted by atomic mass is 32.2. The van der Waals surface area contributed by atoms with Crippen LogP contribution in [0.4, 0.5) is 18.9 Å². The van der Waals surface area contributed by atoms with Gasteiger partial charge in [-0.1, -0.05) is 30.3 Å². The number of carboxylic acids is 1. The van der Waals surface area contributed by atoms with E-state index >= 15 is 0 Å². The Morgan fingerprint density at radius 1 is 0.969 bits per heavy atom. The zero-order valence-corrected chi connectivity index (χ0v) is 18.0. The van der Waals surface area contributed by atoms with Crippen LogP contribution in [0.3, 0.4) is 0 Å². The number of carbonyl (C=O) groups is 1. The molecule has 2 aliphatic heterocycles. The lowest BCUT2D eigenvalue weighted by molar-refractivity contribution is -0.192. The van der Waals surface area contributed by atoms with Crippen LogP contribution in [0.5, 0.6) is 0 Å². The number of fused-ring (bicyclic) bond motifs is 1. The van der Waals surface area contributed by atoms with Crippen LogP contribution in [0.1, 0.15) is 11.1 Å². The monoisotopic (exact) mass is 471 g/mol. The van der Waals surface area contributed by atoms with Crippen molar-refractivity contribution in [3.63, 3.8) is 0 Å². The molecule has 2 aliphatic rings. The largest absolute Gasteiger partial charge is 0.490 e. The van der Waals surface area contributed by atoms with Crippen molar-refractivity contribution in [3.8, 4) is 0 Å². The third-order valence-electron chi connectivity index (χ3n) is 5.29. The van der Waals surface area contributed by atoms with E-state index in [-0.39, 0.29) is 0 Å². The molecule has 2 aromatic rings. The van der Waals surface area contributed by atoms with Gasteiger partial charge in [0, 0.05) is 45.0 Å². The molecule has 7 nitrogen and oxygen atoms in total. The van der Waals surface area contributed by atoms with Crippen molar-refractivity contribution in [1.29, 1.82) is 0 Å². The van der Waals surface area contributed by atoms with Crippen molar-refractivity contribution < 1.29 is 31.5 Å². The second-order valence-electron chi connectivity index (χ2n) is 7.36. The number of anilines is 1. The Bertz CT molecular complexity index is 1040. The Labute approximate surface area is 184 Å². The van der Waals surface area contributed by atoms with Crippen LogP contribution in [0.25, 0.3) is 0 Å². The molecule has 0 amide bonds. The van der Waals surface area contributed by atoms with E-state index in [1.165, 1.54) is 11.3 Å². The van der Waals surface area contributed by atoms with Gasteiger partial charge in [-0.25, -0.2) is 13.2 Å². The minimum Gasteiger partial charge on any atom is -0.475 e. The molecule has 32 heavy (non-hydrogen) atoms. The second kappa shape index (κ2) is 9.88. The van der Waals surface area contributed by atoms with E-state index < -0.39 is 22.2 Å². The molecule has 174 valence electrons. The fourth-order valence-corrected chi connectivity index (χ4v) is 5.15. The molecule has 0 aliphatic carbocycles. The molecule has 1 saturated heterocycles. The Morgan fingerprint density at radius 3 is 2.19 bits per heavy atom. The molecule has 0 radical (unpaired) electrons. The minimum absolute atomic E-state index is 0.372. The summed E-state index contributed by atoms with van der Waals surface area (Å²) in [5.41, 5.74) is 3.71. The van der Waals surface area contributed by atoms with E-state index in [1.807, 2.05) is 6.07 Å². The Balaban J connectivity index is 0.000000360. The maximum Gasteiger partial charge on any atom is 0.490 e. The molecular weight excluding hydrogens is 447 g/mol. The molecule has 0 saturated carbocycles. The normalized spacial score (nSPS) is 17.2. The first-order valence-electron chi connectivity index (χ1n) is 10.0. The molecule has 0 aromatic heterocycles. The first kappa shape index (κ1) is 24.0.